The van der Waals surface area contributed by atoms with Crippen LogP contribution < -0.4 is 10.0 Å². The largest absolute Gasteiger partial charge is 0.322 e. The smallest absolute Gasteiger partial charge is 0.255 e. The van der Waals surface area contributed by atoms with Crippen molar-refractivity contribution in [1.82, 2.24) is 4.98 Å². The number of carbonyl (C=O) groups excluding carboxylic acids is 1. The molecule has 0 unspecified atom stereocenters. The third-order valence-electron chi connectivity index (χ3n) is 3.62. The zero-order chi connectivity index (χ0) is 20.1. The minimum atomic E-state index is -3.32. The monoisotopic (exact) mass is 433 g/mol. The van der Waals surface area contributed by atoms with Crippen LogP contribution in [0.4, 0.5) is 11.4 Å². The second kappa shape index (κ2) is 8.76. The average molecular weight is 434 g/mol. The average Bonchev–Trinajstić information content (AvgIpc) is 3.06. The number of benzene rings is 2. The van der Waals surface area contributed by atoms with Crippen LogP contribution in [0.25, 0.3) is 0 Å². The maximum atomic E-state index is 12.4. The zero-order valence-electron chi connectivity index (χ0n) is 15.3. The third-order valence-corrected chi connectivity index (χ3v) is 6.44. The van der Waals surface area contributed by atoms with Crippen molar-refractivity contribution >= 4 is 50.4 Å². The van der Waals surface area contributed by atoms with Gasteiger partial charge in [0.1, 0.15) is 4.34 Å². The molecule has 1 aromatic heterocycles. The molecule has 0 aliphatic heterocycles. The van der Waals surface area contributed by atoms with E-state index in [0.717, 1.165) is 27.6 Å². The first-order valence-electron chi connectivity index (χ1n) is 8.31. The first-order chi connectivity index (χ1) is 13.3. The van der Waals surface area contributed by atoms with E-state index in [0.29, 0.717) is 16.9 Å². The summed E-state index contributed by atoms with van der Waals surface area (Å²) in [5, 5.41) is 4.83. The van der Waals surface area contributed by atoms with Crippen LogP contribution in [-0.2, 0) is 15.8 Å². The quantitative estimate of drug-likeness (QED) is 0.540. The number of carbonyl (C=O) groups is 1. The molecule has 0 saturated carbocycles. The fraction of sp³-hybridized carbons (Fsp3) is 0.158. The van der Waals surface area contributed by atoms with E-state index in [1.54, 1.807) is 59.5 Å². The van der Waals surface area contributed by atoms with Gasteiger partial charge in [-0.25, -0.2) is 13.4 Å². The molecule has 1 amide bonds. The molecule has 2 N–H and O–H groups in total. The minimum Gasteiger partial charge on any atom is -0.322 e. The predicted molar refractivity (Wildman–Crippen MR) is 116 cm³/mol. The lowest BCUT2D eigenvalue weighted by atomic mass is 10.1. The number of aryl methyl sites for hydroxylation is 1. The van der Waals surface area contributed by atoms with Crippen LogP contribution in [0.3, 0.4) is 0 Å². The lowest BCUT2D eigenvalue weighted by molar-refractivity contribution is 0.102. The van der Waals surface area contributed by atoms with Gasteiger partial charge in [0.05, 0.1) is 6.26 Å². The molecular formula is C19H19N3O3S3. The van der Waals surface area contributed by atoms with Gasteiger partial charge in [0.25, 0.3) is 5.91 Å². The summed E-state index contributed by atoms with van der Waals surface area (Å²) in [6.45, 7) is 1.98. The summed E-state index contributed by atoms with van der Waals surface area (Å²) in [5.41, 5.74) is 3.73. The Balaban J connectivity index is 1.56. The van der Waals surface area contributed by atoms with E-state index in [-0.39, 0.29) is 5.91 Å². The zero-order valence-corrected chi connectivity index (χ0v) is 17.7. The molecule has 0 saturated heterocycles. The standard InChI is InChI=1S/C19H19N3O3S3/c1-13-11-26-19(20-13)27-12-14-3-5-15(6-4-14)18(23)21-16-7-9-17(10-8-16)22-28(2,24)25/h3-11,22H,12H2,1-2H3,(H,21,23). The fourth-order valence-corrected chi connectivity index (χ4v) is 4.70. The van der Waals surface area contributed by atoms with Gasteiger partial charge in [0.2, 0.25) is 10.0 Å². The van der Waals surface area contributed by atoms with Gasteiger partial charge in [0, 0.05) is 33.8 Å². The van der Waals surface area contributed by atoms with E-state index in [4.69, 9.17) is 0 Å². The van der Waals surface area contributed by atoms with Crippen molar-refractivity contribution in [1.29, 1.82) is 0 Å². The fourth-order valence-electron chi connectivity index (χ4n) is 2.34. The van der Waals surface area contributed by atoms with Crippen LogP contribution in [0.15, 0.2) is 58.3 Å². The van der Waals surface area contributed by atoms with Crippen LogP contribution in [0.5, 0.6) is 0 Å². The number of rotatable bonds is 7. The Kier molecular flexibility index (Phi) is 6.38. The maximum Gasteiger partial charge on any atom is 0.255 e. The molecule has 0 aliphatic rings. The van der Waals surface area contributed by atoms with Crippen LogP contribution in [-0.4, -0.2) is 25.6 Å². The third kappa shape index (κ3) is 6.08. The molecule has 0 atom stereocenters. The van der Waals surface area contributed by atoms with E-state index in [2.05, 4.69) is 15.0 Å². The highest BCUT2D eigenvalue weighted by Gasteiger charge is 2.08. The van der Waals surface area contributed by atoms with E-state index in [1.807, 2.05) is 24.4 Å². The van der Waals surface area contributed by atoms with Gasteiger partial charge in [0.15, 0.2) is 0 Å². The Morgan fingerprint density at radius 3 is 2.29 bits per heavy atom. The van der Waals surface area contributed by atoms with E-state index in [9.17, 15) is 13.2 Å². The molecule has 1 heterocycles. The van der Waals surface area contributed by atoms with Crippen LogP contribution in [0, 0.1) is 6.92 Å². The second-order valence-corrected chi connectivity index (χ2v) is 9.98. The van der Waals surface area contributed by atoms with Crippen molar-refractivity contribution in [3.63, 3.8) is 0 Å². The molecule has 0 spiro atoms. The van der Waals surface area contributed by atoms with Gasteiger partial charge in [-0.3, -0.25) is 9.52 Å². The normalized spacial score (nSPS) is 11.2. The molecular weight excluding hydrogens is 414 g/mol. The molecule has 0 bridgehead atoms. The van der Waals surface area contributed by atoms with Crippen LogP contribution in [0.2, 0.25) is 0 Å². The summed E-state index contributed by atoms with van der Waals surface area (Å²) in [4.78, 5) is 16.8. The maximum absolute atomic E-state index is 12.4. The molecule has 28 heavy (non-hydrogen) atoms. The van der Waals surface area contributed by atoms with Crippen molar-refractivity contribution < 1.29 is 13.2 Å². The number of nitrogens with one attached hydrogen (secondary N) is 2. The van der Waals surface area contributed by atoms with Crippen molar-refractivity contribution in [3.8, 4) is 0 Å². The SMILES string of the molecule is Cc1csc(SCc2ccc(C(=O)Nc3ccc(NS(C)(=O)=O)cc3)cc2)n1. The second-order valence-electron chi connectivity index (χ2n) is 6.15. The van der Waals surface area contributed by atoms with E-state index < -0.39 is 10.0 Å². The lowest BCUT2D eigenvalue weighted by Crippen LogP contribution is -2.12. The highest BCUT2D eigenvalue weighted by atomic mass is 32.2. The van der Waals surface area contributed by atoms with Crippen molar-refractivity contribution in [2.75, 3.05) is 16.3 Å². The summed E-state index contributed by atoms with van der Waals surface area (Å²) in [6, 6.07) is 13.9. The number of nitrogens with zero attached hydrogens (tertiary/aromatic N) is 1. The first kappa shape index (κ1) is 20.4. The number of anilines is 2. The molecule has 3 aromatic rings. The number of hydrogen-bond acceptors (Lipinski definition) is 6. The van der Waals surface area contributed by atoms with E-state index >= 15 is 0 Å². The van der Waals surface area contributed by atoms with Crippen molar-refractivity contribution in [2.24, 2.45) is 0 Å². The molecule has 2 aromatic carbocycles. The summed E-state index contributed by atoms with van der Waals surface area (Å²) < 4.78 is 25.9. The Bertz CT molecular complexity index is 1060. The summed E-state index contributed by atoms with van der Waals surface area (Å²) in [5.74, 6) is 0.572. The topological polar surface area (TPSA) is 88.2 Å². The van der Waals surface area contributed by atoms with E-state index in [1.165, 1.54) is 0 Å². The van der Waals surface area contributed by atoms with Crippen molar-refractivity contribution in [3.05, 3.63) is 70.7 Å². The molecule has 0 fully saturated rings. The molecule has 0 radical (unpaired) electrons. The predicted octanol–water partition coefficient (Wildman–Crippen LogP) is 4.37. The summed E-state index contributed by atoms with van der Waals surface area (Å²) in [6.07, 6.45) is 1.09. The number of hydrogen-bond donors (Lipinski definition) is 2. The Hall–Kier alpha value is -2.36. The van der Waals surface area contributed by atoms with Crippen LogP contribution in [0.1, 0.15) is 21.6 Å². The summed E-state index contributed by atoms with van der Waals surface area (Å²) in [7, 11) is -3.32. The molecule has 3 rings (SSSR count). The number of thiazole rings is 1. The Morgan fingerprint density at radius 2 is 1.71 bits per heavy atom. The molecule has 9 heteroatoms. The van der Waals surface area contributed by atoms with Gasteiger partial charge < -0.3 is 5.32 Å². The van der Waals surface area contributed by atoms with Crippen LogP contribution >= 0.6 is 23.1 Å². The number of aromatic nitrogens is 1. The van der Waals surface area contributed by atoms with Crippen molar-refractivity contribution in [2.45, 2.75) is 17.0 Å². The Morgan fingerprint density at radius 1 is 1.07 bits per heavy atom. The van der Waals surface area contributed by atoms with Gasteiger partial charge in [-0.2, -0.15) is 0 Å². The lowest BCUT2D eigenvalue weighted by Gasteiger charge is -2.08. The minimum absolute atomic E-state index is 0.224. The molecule has 6 nitrogen and oxygen atoms in total. The number of sulfonamides is 1. The molecule has 0 aliphatic carbocycles. The number of thioether (sulfide) groups is 1. The van der Waals surface area contributed by atoms with Gasteiger partial charge in [-0.15, -0.1) is 11.3 Å². The van der Waals surface area contributed by atoms with Gasteiger partial charge in [-0.05, 0) is 48.9 Å². The highest BCUT2D eigenvalue weighted by molar-refractivity contribution is 8.00. The molecule has 146 valence electrons. The number of amides is 1. The first-order valence-corrected chi connectivity index (χ1v) is 12.1. The van der Waals surface area contributed by atoms with Gasteiger partial charge in [-0.1, -0.05) is 23.9 Å². The van der Waals surface area contributed by atoms with Gasteiger partial charge >= 0.3 is 0 Å². The Labute approximate surface area is 172 Å². The summed E-state index contributed by atoms with van der Waals surface area (Å²) >= 11 is 3.31. The highest BCUT2D eigenvalue weighted by Crippen LogP contribution is 2.26.